The van der Waals surface area contributed by atoms with Crippen molar-refractivity contribution in [3.8, 4) is 0 Å². The molecular weight excluding hydrogens is 246 g/mol. The Labute approximate surface area is 111 Å². The monoisotopic (exact) mass is 259 g/mol. The fourth-order valence-electron chi connectivity index (χ4n) is 3.40. The zero-order chi connectivity index (χ0) is 12.1. The minimum atomic E-state index is 0.336. The first-order valence-corrected chi connectivity index (χ1v) is 6.84. The van der Waals surface area contributed by atoms with E-state index < -0.39 is 0 Å². The van der Waals surface area contributed by atoms with Crippen LogP contribution in [0.25, 0.3) is 0 Å². The number of benzene rings is 1. The van der Waals surface area contributed by atoms with Crippen LogP contribution in [-0.4, -0.2) is 18.5 Å². The number of aliphatic imine (C=N–C) groups is 1. The minimum Gasteiger partial charge on any atom is -0.473 e. The van der Waals surface area contributed by atoms with Gasteiger partial charge in [0.2, 0.25) is 5.90 Å². The summed E-state index contributed by atoms with van der Waals surface area (Å²) in [5.74, 6) is 2.67. The molecule has 0 aromatic heterocycles. The largest absolute Gasteiger partial charge is 0.473 e. The summed E-state index contributed by atoms with van der Waals surface area (Å²) in [6, 6.07) is 7.72. The van der Waals surface area contributed by atoms with Gasteiger partial charge in [-0.05, 0) is 36.6 Å². The Kier molecular flexibility index (Phi) is 2.28. The van der Waals surface area contributed by atoms with E-state index in [2.05, 4.69) is 17.1 Å². The lowest BCUT2D eigenvalue weighted by Crippen LogP contribution is -2.36. The average molecular weight is 260 g/mol. The lowest BCUT2D eigenvalue weighted by Gasteiger charge is -2.32. The van der Waals surface area contributed by atoms with Gasteiger partial charge in [-0.1, -0.05) is 23.8 Å². The first-order chi connectivity index (χ1) is 8.81. The molecule has 0 unspecified atom stereocenters. The smallest absolute Gasteiger partial charge is 0.216 e. The molecule has 0 amide bonds. The number of nitrogens with zero attached hydrogens (tertiary/aromatic N) is 1. The fraction of sp³-hybridized carbons (Fsp3) is 0.400. The van der Waals surface area contributed by atoms with Crippen LogP contribution >= 0.6 is 11.6 Å². The van der Waals surface area contributed by atoms with Gasteiger partial charge in [-0.2, -0.15) is 0 Å². The van der Waals surface area contributed by atoms with Gasteiger partial charge in [0, 0.05) is 29.0 Å². The molecule has 1 aromatic rings. The molecule has 2 nitrogen and oxygen atoms in total. The molecule has 1 aromatic carbocycles. The van der Waals surface area contributed by atoms with Gasteiger partial charge in [-0.25, -0.2) is 0 Å². The zero-order valence-electron chi connectivity index (χ0n) is 9.92. The van der Waals surface area contributed by atoms with Crippen molar-refractivity contribution in [2.45, 2.75) is 12.5 Å². The molecule has 1 fully saturated rings. The molecule has 0 N–H and O–H groups in total. The third kappa shape index (κ3) is 1.52. The second-order valence-electron chi connectivity index (χ2n) is 5.35. The SMILES string of the molecule is Clc1ccc(C2=NC[C@@H]3[C@H](O2)[C@H]2C=C[C@@H]3C2)cc1. The van der Waals surface area contributed by atoms with Gasteiger partial charge in [0.25, 0.3) is 0 Å². The molecule has 4 atom stereocenters. The van der Waals surface area contributed by atoms with Gasteiger partial charge in [-0.3, -0.25) is 4.99 Å². The van der Waals surface area contributed by atoms with E-state index in [1.807, 2.05) is 24.3 Å². The lowest BCUT2D eigenvalue weighted by atomic mass is 9.90. The van der Waals surface area contributed by atoms with Crippen molar-refractivity contribution in [2.24, 2.45) is 22.7 Å². The molecule has 0 spiro atoms. The summed E-state index contributed by atoms with van der Waals surface area (Å²) in [4.78, 5) is 4.61. The standard InChI is InChI=1S/C15H14ClNO/c16-12-5-3-9(4-6-12)15-17-8-13-10-1-2-11(7-10)14(13)18-15/h1-6,10-11,13-14H,7-8H2/t10-,11+,13+,14-/m1/s1. The molecule has 2 aliphatic carbocycles. The Morgan fingerprint density at radius 2 is 1.89 bits per heavy atom. The summed E-state index contributed by atoms with van der Waals surface area (Å²) in [6.45, 7) is 0.897. The van der Waals surface area contributed by atoms with Gasteiger partial charge in [0.05, 0.1) is 0 Å². The number of rotatable bonds is 1. The van der Waals surface area contributed by atoms with Crippen molar-refractivity contribution in [2.75, 3.05) is 6.54 Å². The van der Waals surface area contributed by atoms with E-state index in [1.54, 1.807) is 0 Å². The van der Waals surface area contributed by atoms with Crippen LogP contribution in [0, 0.1) is 17.8 Å². The first-order valence-electron chi connectivity index (χ1n) is 6.46. The molecule has 3 aliphatic rings. The number of ether oxygens (including phenoxy) is 1. The highest BCUT2D eigenvalue weighted by Gasteiger charge is 2.47. The fourth-order valence-corrected chi connectivity index (χ4v) is 3.53. The maximum Gasteiger partial charge on any atom is 0.216 e. The normalized spacial score (nSPS) is 36.2. The van der Waals surface area contributed by atoms with Gasteiger partial charge < -0.3 is 4.74 Å². The number of hydrogen-bond acceptors (Lipinski definition) is 2. The molecule has 1 heterocycles. The summed E-state index contributed by atoms with van der Waals surface area (Å²) in [7, 11) is 0. The highest BCUT2D eigenvalue weighted by atomic mass is 35.5. The van der Waals surface area contributed by atoms with Crippen LogP contribution in [0.15, 0.2) is 41.4 Å². The van der Waals surface area contributed by atoms with Crippen molar-refractivity contribution < 1.29 is 4.74 Å². The van der Waals surface area contributed by atoms with E-state index in [9.17, 15) is 0 Å². The number of allylic oxidation sites excluding steroid dienone is 1. The van der Waals surface area contributed by atoms with Crippen LogP contribution in [0.3, 0.4) is 0 Å². The highest BCUT2D eigenvalue weighted by molar-refractivity contribution is 6.30. The summed E-state index contributed by atoms with van der Waals surface area (Å²) in [6.07, 6.45) is 6.25. The van der Waals surface area contributed by atoms with E-state index >= 15 is 0 Å². The van der Waals surface area contributed by atoms with Crippen LogP contribution in [0.1, 0.15) is 12.0 Å². The topological polar surface area (TPSA) is 21.6 Å². The Morgan fingerprint density at radius 3 is 2.72 bits per heavy atom. The molecule has 3 heteroatoms. The van der Waals surface area contributed by atoms with Crippen LogP contribution < -0.4 is 0 Å². The molecule has 2 bridgehead atoms. The predicted octanol–water partition coefficient (Wildman–Crippen LogP) is 3.31. The Balaban J connectivity index is 1.62. The zero-order valence-corrected chi connectivity index (χ0v) is 10.7. The Hall–Kier alpha value is -1.28. The molecule has 0 radical (unpaired) electrons. The lowest BCUT2D eigenvalue weighted by molar-refractivity contribution is 0.0990. The highest BCUT2D eigenvalue weighted by Crippen LogP contribution is 2.47. The van der Waals surface area contributed by atoms with Gasteiger partial charge in [0.15, 0.2) is 0 Å². The second-order valence-corrected chi connectivity index (χ2v) is 5.78. The number of halogens is 1. The van der Waals surface area contributed by atoms with Crippen LogP contribution in [0.4, 0.5) is 0 Å². The molecule has 92 valence electrons. The second kappa shape index (κ2) is 3.86. The van der Waals surface area contributed by atoms with Crippen molar-refractivity contribution in [3.63, 3.8) is 0 Å². The van der Waals surface area contributed by atoms with Crippen LogP contribution in [-0.2, 0) is 4.74 Å². The summed E-state index contributed by atoms with van der Waals surface area (Å²) < 4.78 is 6.13. The van der Waals surface area contributed by atoms with E-state index in [0.717, 1.165) is 23.0 Å². The van der Waals surface area contributed by atoms with Crippen LogP contribution in [0.5, 0.6) is 0 Å². The maximum absolute atomic E-state index is 6.13. The maximum atomic E-state index is 6.13. The number of fused-ring (bicyclic) bond motifs is 5. The average Bonchev–Trinajstić information content (AvgIpc) is 3.01. The van der Waals surface area contributed by atoms with Crippen molar-refractivity contribution in [1.29, 1.82) is 0 Å². The number of hydrogen-bond donors (Lipinski definition) is 0. The molecule has 0 saturated heterocycles. The molecular formula is C15H14ClNO. The van der Waals surface area contributed by atoms with Gasteiger partial charge in [0.1, 0.15) is 6.10 Å². The molecule has 4 rings (SSSR count). The third-order valence-corrected chi connectivity index (χ3v) is 4.58. The molecule has 18 heavy (non-hydrogen) atoms. The third-order valence-electron chi connectivity index (χ3n) is 4.33. The van der Waals surface area contributed by atoms with Crippen molar-refractivity contribution in [1.82, 2.24) is 0 Å². The van der Waals surface area contributed by atoms with Gasteiger partial charge in [-0.15, -0.1) is 0 Å². The van der Waals surface area contributed by atoms with Crippen molar-refractivity contribution in [3.05, 3.63) is 47.0 Å². The quantitative estimate of drug-likeness (QED) is 0.709. The minimum absolute atomic E-state index is 0.336. The first kappa shape index (κ1) is 10.6. The van der Waals surface area contributed by atoms with E-state index in [-0.39, 0.29) is 0 Å². The van der Waals surface area contributed by atoms with E-state index in [0.29, 0.717) is 23.9 Å². The van der Waals surface area contributed by atoms with Crippen molar-refractivity contribution >= 4 is 17.5 Å². The van der Waals surface area contributed by atoms with Gasteiger partial charge >= 0.3 is 0 Å². The Morgan fingerprint density at radius 1 is 1.11 bits per heavy atom. The van der Waals surface area contributed by atoms with E-state index in [1.165, 1.54) is 6.42 Å². The summed E-state index contributed by atoms with van der Waals surface area (Å²) in [5, 5.41) is 0.746. The predicted molar refractivity (Wildman–Crippen MR) is 72.0 cm³/mol. The summed E-state index contributed by atoms with van der Waals surface area (Å²) >= 11 is 5.90. The summed E-state index contributed by atoms with van der Waals surface area (Å²) in [5.41, 5.74) is 1.03. The molecule has 1 aliphatic heterocycles. The molecule has 1 saturated carbocycles. The Bertz CT molecular complexity index is 534. The van der Waals surface area contributed by atoms with Crippen LogP contribution in [0.2, 0.25) is 5.02 Å². The van der Waals surface area contributed by atoms with E-state index in [4.69, 9.17) is 16.3 Å².